The van der Waals surface area contributed by atoms with Crippen LogP contribution in [0.2, 0.25) is 5.02 Å². The van der Waals surface area contributed by atoms with Gasteiger partial charge in [-0.2, -0.15) is 13.2 Å². The molecule has 8 heteroatoms. The number of carbonyl (C=O) groups excluding carboxylic acids is 1. The van der Waals surface area contributed by atoms with Crippen molar-refractivity contribution in [2.75, 3.05) is 10.6 Å². The SMILES string of the molecule is O=C(Nc1ccc(F)cc1)Nc1ccc(Cl)cc1C(F)(F)F. The fraction of sp³-hybridized carbons (Fsp3) is 0.0714. The van der Waals surface area contributed by atoms with Gasteiger partial charge in [-0.1, -0.05) is 11.6 Å². The Labute approximate surface area is 127 Å². The maximum Gasteiger partial charge on any atom is 0.418 e. The molecule has 116 valence electrons. The van der Waals surface area contributed by atoms with Gasteiger partial charge in [0.1, 0.15) is 5.82 Å². The molecule has 2 N–H and O–H groups in total. The van der Waals surface area contributed by atoms with Crippen molar-refractivity contribution >= 4 is 29.0 Å². The minimum Gasteiger partial charge on any atom is -0.308 e. The van der Waals surface area contributed by atoms with Crippen molar-refractivity contribution in [3.63, 3.8) is 0 Å². The molecule has 0 aliphatic heterocycles. The van der Waals surface area contributed by atoms with Crippen molar-refractivity contribution < 1.29 is 22.4 Å². The molecule has 22 heavy (non-hydrogen) atoms. The topological polar surface area (TPSA) is 41.1 Å². The van der Waals surface area contributed by atoms with E-state index in [9.17, 15) is 22.4 Å². The molecule has 0 heterocycles. The molecule has 0 aromatic heterocycles. The maximum absolute atomic E-state index is 12.9. The van der Waals surface area contributed by atoms with Gasteiger partial charge in [0.2, 0.25) is 0 Å². The normalized spacial score (nSPS) is 11.1. The first-order valence-corrected chi connectivity index (χ1v) is 6.34. The van der Waals surface area contributed by atoms with Crippen LogP contribution in [0.1, 0.15) is 5.56 Å². The zero-order valence-corrected chi connectivity index (χ0v) is 11.6. The molecule has 0 saturated carbocycles. The largest absolute Gasteiger partial charge is 0.418 e. The molecule has 0 bridgehead atoms. The van der Waals surface area contributed by atoms with E-state index in [0.29, 0.717) is 0 Å². The summed E-state index contributed by atoms with van der Waals surface area (Å²) in [5, 5.41) is 4.28. The number of amides is 2. The average Bonchev–Trinajstić information content (AvgIpc) is 2.42. The van der Waals surface area contributed by atoms with Crippen LogP contribution in [0, 0.1) is 5.82 Å². The molecule has 0 saturated heterocycles. The molecule has 0 unspecified atom stereocenters. The molecular formula is C14H9ClF4N2O. The number of nitrogens with one attached hydrogen (secondary N) is 2. The van der Waals surface area contributed by atoms with E-state index in [-0.39, 0.29) is 10.7 Å². The van der Waals surface area contributed by atoms with Crippen LogP contribution in [-0.4, -0.2) is 6.03 Å². The van der Waals surface area contributed by atoms with E-state index in [1.807, 2.05) is 0 Å². The zero-order valence-electron chi connectivity index (χ0n) is 10.8. The summed E-state index contributed by atoms with van der Waals surface area (Å²) >= 11 is 5.54. The van der Waals surface area contributed by atoms with Crippen molar-refractivity contribution in [1.29, 1.82) is 0 Å². The smallest absolute Gasteiger partial charge is 0.308 e. The van der Waals surface area contributed by atoms with E-state index in [2.05, 4.69) is 10.6 Å². The molecule has 0 aliphatic carbocycles. The first-order valence-electron chi connectivity index (χ1n) is 5.96. The number of alkyl halides is 3. The lowest BCUT2D eigenvalue weighted by molar-refractivity contribution is -0.136. The minimum atomic E-state index is -4.66. The highest BCUT2D eigenvalue weighted by Gasteiger charge is 2.34. The van der Waals surface area contributed by atoms with E-state index >= 15 is 0 Å². The third kappa shape index (κ3) is 4.11. The number of benzene rings is 2. The van der Waals surface area contributed by atoms with E-state index < -0.39 is 29.3 Å². The Morgan fingerprint density at radius 2 is 1.64 bits per heavy atom. The molecule has 2 rings (SSSR count). The molecule has 0 radical (unpaired) electrons. The third-order valence-corrected chi connectivity index (χ3v) is 2.87. The Morgan fingerprint density at radius 3 is 2.23 bits per heavy atom. The minimum absolute atomic E-state index is 0.100. The van der Waals surface area contributed by atoms with Crippen molar-refractivity contribution in [2.45, 2.75) is 6.18 Å². The summed E-state index contributed by atoms with van der Waals surface area (Å²) in [6.07, 6.45) is -4.66. The molecule has 0 atom stereocenters. The van der Waals surface area contributed by atoms with Gasteiger partial charge in [0.05, 0.1) is 11.3 Å². The van der Waals surface area contributed by atoms with Crippen LogP contribution < -0.4 is 10.6 Å². The fourth-order valence-corrected chi connectivity index (χ4v) is 1.85. The lowest BCUT2D eigenvalue weighted by atomic mass is 10.1. The van der Waals surface area contributed by atoms with Crippen LogP contribution in [0.3, 0.4) is 0 Å². The monoisotopic (exact) mass is 332 g/mol. The third-order valence-electron chi connectivity index (χ3n) is 2.64. The van der Waals surface area contributed by atoms with Crippen LogP contribution in [0.5, 0.6) is 0 Å². The average molecular weight is 333 g/mol. The van der Waals surface area contributed by atoms with E-state index in [4.69, 9.17) is 11.6 Å². The van der Waals surface area contributed by atoms with Gasteiger partial charge in [-0.25, -0.2) is 9.18 Å². The molecular weight excluding hydrogens is 324 g/mol. The number of hydrogen-bond acceptors (Lipinski definition) is 1. The second-order valence-corrected chi connectivity index (χ2v) is 4.71. The van der Waals surface area contributed by atoms with Crippen LogP contribution in [0.4, 0.5) is 33.7 Å². The summed E-state index contributed by atoms with van der Waals surface area (Å²) in [7, 11) is 0. The number of carbonyl (C=O) groups is 1. The van der Waals surface area contributed by atoms with E-state index in [1.54, 1.807) is 0 Å². The van der Waals surface area contributed by atoms with Crippen LogP contribution in [0.25, 0.3) is 0 Å². The summed E-state index contributed by atoms with van der Waals surface area (Å²) in [5.74, 6) is -0.497. The van der Waals surface area contributed by atoms with Gasteiger partial charge in [0.15, 0.2) is 0 Å². The van der Waals surface area contributed by atoms with Crippen molar-refractivity contribution in [1.82, 2.24) is 0 Å². The van der Waals surface area contributed by atoms with Crippen molar-refractivity contribution in [2.24, 2.45) is 0 Å². The number of rotatable bonds is 2. The predicted octanol–water partition coefficient (Wildman–Crippen LogP) is 5.14. The van der Waals surface area contributed by atoms with Crippen LogP contribution in [0.15, 0.2) is 42.5 Å². The van der Waals surface area contributed by atoms with Crippen LogP contribution in [-0.2, 0) is 6.18 Å². The Kier molecular flexibility index (Phi) is 4.56. The summed E-state index contributed by atoms with van der Waals surface area (Å²) in [6, 6.07) is 6.88. The molecule has 2 aromatic rings. The summed E-state index contributed by atoms with van der Waals surface area (Å²) in [5.41, 5.74) is -1.26. The van der Waals surface area contributed by atoms with Crippen molar-refractivity contribution in [3.8, 4) is 0 Å². The van der Waals surface area contributed by atoms with Crippen molar-refractivity contribution in [3.05, 3.63) is 58.9 Å². The fourth-order valence-electron chi connectivity index (χ4n) is 1.68. The molecule has 0 fully saturated rings. The highest BCUT2D eigenvalue weighted by molar-refractivity contribution is 6.30. The Bertz CT molecular complexity index is 686. The van der Waals surface area contributed by atoms with Gasteiger partial charge in [0.25, 0.3) is 0 Å². The van der Waals surface area contributed by atoms with Gasteiger partial charge in [-0.05, 0) is 42.5 Å². The lowest BCUT2D eigenvalue weighted by Crippen LogP contribution is -2.21. The number of anilines is 2. The number of hydrogen-bond donors (Lipinski definition) is 2. The predicted molar refractivity (Wildman–Crippen MR) is 75.5 cm³/mol. The zero-order chi connectivity index (χ0) is 16.3. The number of urea groups is 1. The maximum atomic E-state index is 12.9. The van der Waals surface area contributed by atoms with Gasteiger partial charge < -0.3 is 10.6 Å². The summed E-state index contributed by atoms with van der Waals surface area (Å²) in [6.45, 7) is 0. The van der Waals surface area contributed by atoms with Gasteiger partial charge in [-0.3, -0.25) is 0 Å². The Hall–Kier alpha value is -2.28. The Morgan fingerprint density at radius 1 is 1.00 bits per heavy atom. The van der Waals surface area contributed by atoms with Gasteiger partial charge in [-0.15, -0.1) is 0 Å². The highest BCUT2D eigenvalue weighted by Crippen LogP contribution is 2.36. The Balaban J connectivity index is 2.16. The quantitative estimate of drug-likeness (QED) is 0.734. The van der Waals surface area contributed by atoms with Gasteiger partial charge >= 0.3 is 12.2 Å². The molecule has 2 aromatic carbocycles. The highest BCUT2D eigenvalue weighted by atomic mass is 35.5. The molecule has 3 nitrogen and oxygen atoms in total. The lowest BCUT2D eigenvalue weighted by Gasteiger charge is -2.14. The standard InChI is InChI=1S/C14H9ClF4N2O/c15-8-1-6-12(11(7-8)14(17,18)19)21-13(22)20-10-4-2-9(16)3-5-10/h1-7H,(H2,20,21,22). The first-order chi connectivity index (χ1) is 10.3. The number of halogens is 5. The van der Waals surface area contributed by atoms with Gasteiger partial charge in [0, 0.05) is 10.7 Å². The summed E-state index contributed by atoms with van der Waals surface area (Å²) < 4.78 is 51.4. The summed E-state index contributed by atoms with van der Waals surface area (Å²) in [4.78, 5) is 11.7. The molecule has 0 spiro atoms. The van der Waals surface area contributed by atoms with Crippen LogP contribution >= 0.6 is 11.6 Å². The molecule has 0 aliphatic rings. The second-order valence-electron chi connectivity index (χ2n) is 4.27. The first kappa shape index (κ1) is 16.1. The van der Waals surface area contributed by atoms with E-state index in [1.165, 1.54) is 18.2 Å². The van der Waals surface area contributed by atoms with E-state index in [0.717, 1.165) is 24.3 Å². The molecule has 2 amide bonds. The second kappa shape index (κ2) is 6.23.